The molecular formula is C26H25FN8O2S2. The number of carbonyl (C=O) groups excluding carboxylic acids is 1. The van der Waals surface area contributed by atoms with Gasteiger partial charge in [-0.3, -0.25) is 9.69 Å². The molecule has 0 unspecified atom stereocenters. The fourth-order valence-corrected chi connectivity index (χ4v) is 6.10. The number of hydrogen-bond acceptors (Lipinski definition) is 10. The van der Waals surface area contributed by atoms with Crippen LogP contribution in [0.4, 0.5) is 9.52 Å². The van der Waals surface area contributed by atoms with E-state index in [-0.39, 0.29) is 11.7 Å². The average molecular weight is 565 g/mol. The first kappa shape index (κ1) is 25.6. The highest BCUT2D eigenvalue weighted by Gasteiger charge is 2.19. The molecule has 0 atom stereocenters. The Bertz CT molecular complexity index is 1630. The van der Waals surface area contributed by atoms with E-state index in [9.17, 15) is 9.18 Å². The second-order valence-corrected chi connectivity index (χ2v) is 11.1. The van der Waals surface area contributed by atoms with Gasteiger partial charge in [-0.2, -0.15) is 4.52 Å². The van der Waals surface area contributed by atoms with Gasteiger partial charge in [0.05, 0.1) is 16.8 Å². The molecule has 1 N–H and O–H groups in total. The number of hydrogen-bond donors (Lipinski definition) is 1. The van der Waals surface area contributed by atoms with Gasteiger partial charge in [0.1, 0.15) is 11.6 Å². The maximum absolute atomic E-state index is 13.5. The monoisotopic (exact) mass is 564 g/mol. The van der Waals surface area contributed by atoms with Gasteiger partial charge in [-0.1, -0.05) is 24.3 Å². The van der Waals surface area contributed by atoms with Crippen molar-refractivity contribution >= 4 is 50.0 Å². The van der Waals surface area contributed by atoms with Crippen molar-refractivity contribution in [2.24, 2.45) is 0 Å². The lowest BCUT2D eigenvalue weighted by Crippen LogP contribution is -2.48. The molecule has 1 amide bonds. The molecule has 10 nitrogen and oxygen atoms in total. The SMILES string of the molecule is CCN1CCN(CC(=O)Nc2nc3ccc(Sc4nnc5ccc(Oc6cccc(F)c6)nn45)cc3s2)CC1. The van der Waals surface area contributed by atoms with Crippen LogP contribution in [0, 0.1) is 5.82 Å². The van der Waals surface area contributed by atoms with Crippen molar-refractivity contribution in [1.82, 2.24) is 34.6 Å². The third kappa shape index (κ3) is 6.01. The lowest BCUT2D eigenvalue weighted by atomic mass is 10.3. The molecule has 2 aromatic carbocycles. The smallest absolute Gasteiger partial charge is 0.240 e. The Morgan fingerprint density at radius 3 is 2.74 bits per heavy atom. The fourth-order valence-electron chi connectivity index (χ4n) is 4.27. The molecule has 0 bridgehead atoms. The third-order valence-electron chi connectivity index (χ3n) is 6.32. The summed E-state index contributed by atoms with van der Waals surface area (Å²) in [6.07, 6.45) is 0. The quantitative estimate of drug-likeness (QED) is 0.294. The van der Waals surface area contributed by atoms with Gasteiger partial charge in [0.25, 0.3) is 0 Å². The van der Waals surface area contributed by atoms with E-state index in [4.69, 9.17) is 4.74 Å². The molecular weight excluding hydrogens is 539 g/mol. The highest BCUT2D eigenvalue weighted by Crippen LogP contribution is 2.33. The average Bonchev–Trinajstić information content (AvgIpc) is 3.52. The number of amides is 1. The molecule has 5 aromatic rings. The van der Waals surface area contributed by atoms with Crippen molar-refractivity contribution < 1.29 is 13.9 Å². The second kappa shape index (κ2) is 11.2. The minimum Gasteiger partial charge on any atom is -0.437 e. The Morgan fingerprint density at radius 1 is 1.08 bits per heavy atom. The summed E-state index contributed by atoms with van der Waals surface area (Å²) in [6, 6.07) is 15.1. The van der Waals surface area contributed by atoms with E-state index in [1.165, 1.54) is 35.2 Å². The van der Waals surface area contributed by atoms with Crippen LogP contribution in [0.3, 0.4) is 0 Å². The van der Waals surface area contributed by atoms with Crippen molar-refractivity contribution in [2.45, 2.75) is 17.0 Å². The number of ether oxygens (including phenoxy) is 1. The van der Waals surface area contributed by atoms with Crippen LogP contribution in [-0.4, -0.2) is 79.8 Å². The van der Waals surface area contributed by atoms with Crippen molar-refractivity contribution in [3.63, 3.8) is 0 Å². The molecule has 200 valence electrons. The summed E-state index contributed by atoms with van der Waals surface area (Å²) >= 11 is 2.83. The first-order chi connectivity index (χ1) is 19.0. The number of nitrogens with zero attached hydrogens (tertiary/aromatic N) is 7. The van der Waals surface area contributed by atoms with Crippen LogP contribution >= 0.6 is 23.1 Å². The second-order valence-electron chi connectivity index (χ2n) is 8.99. The Morgan fingerprint density at radius 2 is 1.92 bits per heavy atom. The number of rotatable bonds is 8. The summed E-state index contributed by atoms with van der Waals surface area (Å²) in [4.78, 5) is 22.7. The number of nitrogens with one attached hydrogen (secondary N) is 1. The van der Waals surface area contributed by atoms with Crippen molar-refractivity contribution in [2.75, 3.05) is 44.6 Å². The van der Waals surface area contributed by atoms with Crippen molar-refractivity contribution in [1.29, 1.82) is 0 Å². The predicted molar refractivity (Wildman–Crippen MR) is 148 cm³/mol. The third-order valence-corrected chi connectivity index (χ3v) is 8.18. The van der Waals surface area contributed by atoms with Gasteiger partial charge in [0.15, 0.2) is 10.8 Å². The summed E-state index contributed by atoms with van der Waals surface area (Å²) in [7, 11) is 0. The first-order valence-electron chi connectivity index (χ1n) is 12.5. The highest BCUT2D eigenvalue weighted by molar-refractivity contribution is 7.99. The molecule has 39 heavy (non-hydrogen) atoms. The van der Waals surface area contributed by atoms with Gasteiger partial charge in [0, 0.05) is 43.2 Å². The number of benzene rings is 2. The van der Waals surface area contributed by atoms with Gasteiger partial charge < -0.3 is 15.0 Å². The van der Waals surface area contributed by atoms with Gasteiger partial charge in [-0.05, 0) is 54.7 Å². The molecule has 4 heterocycles. The number of anilines is 1. The molecule has 1 aliphatic rings. The van der Waals surface area contributed by atoms with Crippen molar-refractivity contribution in [3.8, 4) is 11.6 Å². The van der Waals surface area contributed by atoms with Crippen LogP contribution in [0.1, 0.15) is 6.92 Å². The van der Waals surface area contributed by atoms with E-state index in [0.29, 0.717) is 34.1 Å². The zero-order valence-corrected chi connectivity index (χ0v) is 22.7. The number of piperazine rings is 1. The van der Waals surface area contributed by atoms with Crippen LogP contribution in [0.25, 0.3) is 15.9 Å². The molecule has 13 heteroatoms. The summed E-state index contributed by atoms with van der Waals surface area (Å²) in [5.41, 5.74) is 1.37. The van der Waals surface area contributed by atoms with Crippen LogP contribution < -0.4 is 10.1 Å². The Hall–Kier alpha value is -3.65. The molecule has 1 saturated heterocycles. The van der Waals surface area contributed by atoms with E-state index in [2.05, 4.69) is 42.3 Å². The van der Waals surface area contributed by atoms with Crippen LogP contribution in [0.2, 0.25) is 0 Å². The molecule has 0 spiro atoms. The number of aromatic nitrogens is 5. The highest BCUT2D eigenvalue weighted by atomic mass is 32.2. The molecule has 0 aliphatic carbocycles. The number of halogens is 1. The van der Waals surface area contributed by atoms with Crippen LogP contribution in [-0.2, 0) is 4.79 Å². The Balaban J connectivity index is 1.13. The number of likely N-dealkylation sites (N-methyl/N-ethyl adjacent to an activating group) is 1. The summed E-state index contributed by atoms with van der Waals surface area (Å²) in [6.45, 7) is 7.34. The van der Waals surface area contributed by atoms with E-state index < -0.39 is 0 Å². The van der Waals surface area contributed by atoms with Crippen LogP contribution in [0.15, 0.2) is 64.6 Å². The van der Waals surface area contributed by atoms with E-state index >= 15 is 0 Å². The molecule has 0 radical (unpaired) electrons. The summed E-state index contributed by atoms with van der Waals surface area (Å²) < 4.78 is 21.8. The largest absolute Gasteiger partial charge is 0.437 e. The summed E-state index contributed by atoms with van der Waals surface area (Å²) in [5, 5.41) is 17.0. The normalized spacial score (nSPS) is 14.7. The minimum absolute atomic E-state index is 0.0501. The Labute approximate surface area is 231 Å². The first-order valence-corrected chi connectivity index (χ1v) is 14.1. The standard InChI is InChI=1S/C26H25FN8O2S2/c1-2-33-10-12-34(13-11-33)16-23(36)29-25-28-20-7-6-19(15-21(20)39-25)38-26-31-30-22-8-9-24(32-35(22)26)37-18-5-3-4-17(27)14-18/h3-9,14-15H,2,10-13,16H2,1H3,(H,28,29,36). The van der Waals surface area contributed by atoms with Gasteiger partial charge >= 0.3 is 0 Å². The summed E-state index contributed by atoms with van der Waals surface area (Å²) in [5.74, 6) is 0.202. The minimum atomic E-state index is -0.388. The van der Waals surface area contributed by atoms with Gasteiger partial charge in [-0.25, -0.2) is 9.37 Å². The van der Waals surface area contributed by atoms with Gasteiger partial charge in [-0.15, -0.1) is 15.3 Å². The van der Waals surface area contributed by atoms with Crippen LogP contribution in [0.5, 0.6) is 11.6 Å². The lowest BCUT2D eigenvalue weighted by Gasteiger charge is -2.33. The number of thiazole rings is 1. The Kier molecular flexibility index (Phi) is 7.37. The lowest BCUT2D eigenvalue weighted by molar-refractivity contribution is -0.117. The number of fused-ring (bicyclic) bond motifs is 2. The molecule has 1 aliphatic heterocycles. The van der Waals surface area contributed by atoms with Crippen molar-refractivity contribution in [3.05, 3.63) is 60.4 Å². The molecule has 6 rings (SSSR count). The number of carbonyl (C=O) groups is 1. The van der Waals surface area contributed by atoms with E-state index in [1.807, 2.05) is 18.2 Å². The fraction of sp³-hybridized carbons (Fsp3) is 0.269. The maximum atomic E-state index is 13.5. The molecule has 1 fully saturated rings. The van der Waals surface area contributed by atoms with E-state index in [1.54, 1.807) is 28.8 Å². The molecule has 3 aromatic heterocycles. The zero-order valence-electron chi connectivity index (χ0n) is 21.1. The van der Waals surface area contributed by atoms with E-state index in [0.717, 1.165) is 47.8 Å². The predicted octanol–water partition coefficient (Wildman–Crippen LogP) is 4.39. The topological polar surface area (TPSA) is 101 Å². The van der Waals surface area contributed by atoms with Gasteiger partial charge in [0.2, 0.25) is 16.9 Å². The maximum Gasteiger partial charge on any atom is 0.240 e. The zero-order chi connectivity index (χ0) is 26.8. The molecule has 0 saturated carbocycles.